The van der Waals surface area contributed by atoms with Gasteiger partial charge in [-0.2, -0.15) is 0 Å². The number of amides is 1. The van der Waals surface area contributed by atoms with Crippen LogP contribution in [0.5, 0.6) is 0 Å². The van der Waals surface area contributed by atoms with Gasteiger partial charge in [-0.3, -0.25) is 4.79 Å². The average molecular weight is 408 g/mol. The van der Waals surface area contributed by atoms with E-state index in [1.807, 2.05) is 43.3 Å². The second-order valence-electron chi connectivity index (χ2n) is 6.57. The molecule has 1 heterocycles. The fraction of sp³-hybridized carbons (Fsp3) is 0.0909. The Kier molecular flexibility index (Phi) is 5.03. The van der Waals surface area contributed by atoms with E-state index in [-0.39, 0.29) is 11.9 Å². The predicted molar refractivity (Wildman–Crippen MR) is 118 cm³/mol. The number of hydrogen-bond acceptors (Lipinski definition) is 2. The summed E-state index contributed by atoms with van der Waals surface area (Å²) in [6.45, 7) is 1.85. The second-order valence-corrected chi connectivity index (χ2v) is 7.39. The number of nitrogens with one attached hydrogen (secondary N) is 3. The molecule has 0 saturated carbocycles. The smallest absolute Gasteiger partial charge is 0.255 e. The van der Waals surface area contributed by atoms with Gasteiger partial charge in [-0.25, -0.2) is 0 Å². The minimum atomic E-state index is -0.373. The highest BCUT2D eigenvalue weighted by atomic mass is 35.5. The van der Waals surface area contributed by atoms with Crippen molar-refractivity contribution >= 4 is 51.3 Å². The van der Waals surface area contributed by atoms with Crippen molar-refractivity contribution in [1.82, 2.24) is 10.6 Å². The summed E-state index contributed by atoms with van der Waals surface area (Å²) in [5, 5.41) is 12.4. The Bertz CT molecular complexity index is 1120. The maximum Gasteiger partial charge on any atom is 0.255 e. The first kappa shape index (κ1) is 18.5. The molecule has 1 aliphatic rings. The monoisotopic (exact) mass is 407 g/mol. The van der Waals surface area contributed by atoms with Gasteiger partial charge in [0.25, 0.3) is 5.91 Å². The third-order valence-electron chi connectivity index (χ3n) is 4.77. The number of allylic oxidation sites excluding steroid dienone is 1. The molecular formula is C22H18ClN3OS. The fourth-order valence-electron chi connectivity index (χ4n) is 3.48. The van der Waals surface area contributed by atoms with E-state index in [0.29, 0.717) is 27.1 Å². The van der Waals surface area contributed by atoms with Gasteiger partial charge in [0, 0.05) is 5.70 Å². The first-order chi connectivity index (χ1) is 13.5. The molecule has 1 atom stereocenters. The number of para-hydroxylation sites is 1. The van der Waals surface area contributed by atoms with Crippen LogP contribution < -0.4 is 16.0 Å². The summed E-state index contributed by atoms with van der Waals surface area (Å²) in [6, 6.07) is 21.0. The van der Waals surface area contributed by atoms with Gasteiger partial charge in [0.05, 0.1) is 22.3 Å². The van der Waals surface area contributed by atoms with Crippen molar-refractivity contribution in [2.45, 2.75) is 13.0 Å². The molecule has 28 heavy (non-hydrogen) atoms. The number of rotatable bonds is 3. The predicted octanol–water partition coefficient (Wildman–Crippen LogP) is 4.92. The Morgan fingerprint density at radius 3 is 2.57 bits per heavy atom. The van der Waals surface area contributed by atoms with E-state index >= 15 is 0 Å². The van der Waals surface area contributed by atoms with Crippen molar-refractivity contribution in [2.24, 2.45) is 0 Å². The summed E-state index contributed by atoms with van der Waals surface area (Å²) in [5.41, 5.74) is 2.85. The Hall–Kier alpha value is -2.89. The summed E-state index contributed by atoms with van der Waals surface area (Å²) >= 11 is 11.6. The van der Waals surface area contributed by atoms with E-state index in [4.69, 9.17) is 23.8 Å². The van der Waals surface area contributed by atoms with Crippen LogP contribution in [-0.2, 0) is 4.79 Å². The molecule has 140 valence electrons. The minimum Gasteiger partial charge on any atom is -0.351 e. The van der Waals surface area contributed by atoms with Crippen molar-refractivity contribution in [1.29, 1.82) is 0 Å². The number of benzene rings is 3. The zero-order valence-electron chi connectivity index (χ0n) is 15.1. The lowest BCUT2D eigenvalue weighted by atomic mass is 9.91. The maximum absolute atomic E-state index is 13.2. The number of anilines is 1. The van der Waals surface area contributed by atoms with Gasteiger partial charge in [0.2, 0.25) is 0 Å². The lowest BCUT2D eigenvalue weighted by molar-refractivity contribution is -0.113. The number of carbonyl (C=O) groups excluding carboxylic acids is 1. The highest BCUT2D eigenvalue weighted by molar-refractivity contribution is 7.80. The van der Waals surface area contributed by atoms with Crippen LogP contribution in [0.3, 0.4) is 0 Å². The number of halogens is 1. The van der Waals surface area contributed by atoms with Gasteiger partial charge in [-0.15, -0.1) is 0 Å². The van der Waals surface area contributed by atoms with Crippen LogP contribution in [0.2, 0.25) is 5.02 Å². The van der Waals surface area contributed by atoms with Crippen LogP contribution in [0.15, 0.2) is 78.0 Å². The molecule has 3 aromatic rings. The number of carbonyl (C=O) groups is 1. The zero-order chi connectivity index (χ0) is 19.7. The molecule has 4 nitrogen and oxygen atoms in total. The quantitative estimate of drug-likeness (QED) is 0.539. The molecule has 3 aromatic carbocycles. The van der Waals surface area contributed by atoms with Crippen LogP contribution in [0.25, 0.3) is 10.8 Å². The Labute approximate surface area is 173 Å². The average Bonchev–Trinajstić information content (AvgIpc) is 2.68. The Morgan fingerprint density at radius 1 is 1.04 bits per heavy atom. The topological polar surface area (TPSA) is 53.2 Å². The molecule has 0 fully saturated rings. The van der Waals surface area contributed by atoms with Gasteiger partial charge >= 0.3 is 0 Å². The van der Waals surface area contributed by atoms with Crippen molar-refractivity contribution in [3.8, 4) is 0 Å². The Morgan fingerprint density at radius 2 is 1.75 bits per heavy atom. The van der Waals surface area contributed by atoms with Crippen LogP contribution in [0.4, 0.5) is 5.69 Å². The van der Waals surface area contributed by atoms with E-state index in [1.54, 1.807) is 12.1 Å². The summed E-state index contributed by atoms with van der Waals surface area (Å²) in [4.78, 5) is 13.2. The fourth-order valence-corrected chi connectivity index (χ4v) is 3.94. The molecule has 6 heteroatoms. The molecule has 0 radical (unpaired) electrons. The number of thiocarbonyl (C=S) groups is 1. The molecule has 0 aliphatic carbocycles. The first-order valence-corrected chi connectivity index (χ1v) is 9.65. The SMILES string of the molecule is CC1=C(C(=O)Nc2ccccc2Cl)[C@H](c2cccc3ccccc23)NC(=S)N1. The number of hydrogen-bond donors (Lipinski definition) is 3. The summed E-state index contributed by atoms with van der Waals surface area (Å²) in [7, 11) is 0. The van der Waals surface area contributed by atoms with E-state index in [0.717, 1.165) is 16.3 Å². The van der Waals surface area contributed by atoms with Crippen LogP contribution in [0, 0.1) is 0 Å². The molecule has 1 aliphatic heterocycles. The van der Waals surface area contributed by atoms with E-state index in [2.05, 4.69) is 34.1 Å². The highest BCUT2D eigenvalue weighted by Gasteiger charge is 2.31. The molecule has 0 bridgehead atoms. The maximum atomic E-state index is 13.2. The van der Waals surface area contributed by atoms with Gasteiger partial charge in [0.15, 0.2) is 5.11 Å². The van der Waals surface area contributed by atoms with Gasteiger partial charge < -0.3 is 16.0 Å². The third kappa shape index (κ3) is 3.46. The lowest BCUT2D eigenvalue weighted by Gasteiger charge is -2.31. The summed E-state index contributed by atoms with van der Waals surface area (Å²) < 4.78 is 0. The molecule has 3 N–H and O–H groups in total. The largest absolute Gasteiger partial charge is 0.351 e. The molecule has 0 spiro atoms. The van der Waals surface area contributed by atoms with E-state index < -0.39 is 0 Å². The lowest BCUT2D eigenvalue weighted by Crippen LogP contribution is -2.45. The first-order valence-electron chi connectivity index (χ1n) is 8.86. The van der Waals surface area contributed by atoms with Crippen LogP contribution >= 0.6 is 23.8 Å². The summed E-state index contributed by atoms with van der Waals surface area (Å²) in [5.74, 6) is -0.231. The second kappa shape index (κ2) is 7.62. The Balaban J connectivity index is 1.79. The molecular weight excluding hydrogens is 390 g/mol. The van der Waals surface area contributed by atoms with Crippen LogP contribution in [-0.4, -0.2) is 11.0 Å². The van der Waals surface area contributed by atoms with Crippen molar-refractivity contribution < 1.29 is 4.79 Å². The third-order valence-corrected chi connectivity index (χ3v) is 5.32. The van der Waals surface area contributed by atoms with Crippen molar-refractivity contribution in [3.05, 3.63) is 88.6 Å². The molecule has 0 aromatic heterocycles. The van der Waals surface area contributed by atoms with Crippen LogP contribution in [0.1, 0.15) is 18.5 Å². The normalized spacial score (nSPS) is 16.5. The van der Waals surface area contributed by atoms with Gasteiger partial charge in [0.1, 0.15) is 0 Å². The van der Waals surface area contributed by atoms with Crippen molar-refractivity contribution in [3.63, 3.8) is 0 Å². The molecule has 0 saturated heterocycles. The molecule has 1 amide bonds. The van der Waals surface area contributed by atoms with E-state index in [1.165, 1.54) is 0 Å². The minimum absolute atomic E-state index is 0.231. The molecule has 0 unspecified atom stereocenters. The van der Waals surface area contributed by atoms with E-state index in [9.17, 15) is 4.79 Å². The number of fused-ring (bicyclic) bond motifs is 1. The standard InChI is InChI=1S/C22H18ClN3OS/c1-13-19(21(27)25-18-12-5-4-11-17(18)23)20(26-22(28)24-13)16-10-6-8-14-7-2-3-9-15(14)16/h2-12,20H,1H3,(H,25,27)(H2,24,26,28)/t20-/m0/s1. The summed E-state index contributed by atoms with van der Waals surface area (Å²) in [6.07, 6.45) is 0. The highest BCUT2D eigenvalue weighted by Crippen LogP contribution is 2.33. The van der Waals surface area contributed by atoms with Crippen molar-refractivity contribution in [2.75, 3.05) is 5.32 Å². The molecule has 4 rings (SSSR count). The van der Waals surface area contributed by atoms with Gasteiger partial charge in [-0.05, 0) is 47.6 Å². The zero-order valence-corrected chi connectivity index (χ0v) is 16.7. The van der Waals surface area contributed by atoms with Gasteiger partial charge in [-0.1, -0.05) is 66.2 Å².